The van der Waals surface area contributed by atoms with E-state index < -0.39 is 5.60 Å². The summed E-state index contributed by atoms with van der Waals surface area (Å²) < 4.78 is 5.22. The van der Waals surface area contributed by atoms with Crippen LogP contribution in [0.25, 0.3) is 0 Å². The van der Waals surface area contributed by atoms with E-state index >= 15 is 0 Å². The maximum Gasteiger partial charge on any atom is 0.227 e. The van der Waals surface area contributed by atoms with Gasteiger partial charge in [-0.15, -0.1) is 0 Å². The molecule has 0 saturated heterocycles. The molecule has 0 aliphatic heterocycles. The Morgan fingerprint density at radius 1 is 1.42 bits per heavy atom. The number of aliphatic hydroxyl groups excluding tert-OH is 1. The van der Waals surface area contributed by atoms with Crippen molar-refractivity contribution in [2.75, 3.05) is 19.0 Å². The van der Waals surface area contributed by atoms with Gasteiger partial charge in [0.2, 0.25) is 5.91 Å². The molecule has 4 heteroatoms. The third-order valence-electron chi connectivity index (χ3n) is 2.64. The van der Waals surface area contributed by atoms with Gasteiger partial charge in [0.25, 0.3) is 0 Å². The summed E-state index contributed by atoms with van der Waals surface area (Å²) in [7, 11) is 1.58. The van der Waals surface area contributed by atoms with Crippen LogP contribution >= 0.6 is 0 Å². The van der Waals surface area contributed by atoms with Crippen molar-refractivity contribution >= 4 is 11.6 Å². The number of hydrogen-bond donors (Lipinski definition) is 2. The Balaban J connectivity index is 2.80. The number of para-hydroxylation sites is 1. The number of ether oxygens (including phenoxy) is 1. The smallest absolute Gasteiger partial charge is 0.227 e. The van der Waals surface area contributed by atoms with Crippen molar-refractivity contribution in [2.45, 2.75) is 25.9 Å². The van der Waals surface area contributed by atoms with Gasteiger partial charge in [0.15, 0.2) is 0 Å². The van der Waals surface area contributed by atoms with Gasteiger partial charge in [-0.1, -0.05) is 24.0 Å². The molecule has 4 nitrogen and oxygen atoms in total. The van der Waals surface area contributed by atoms with E-state index in [2.05, 4.69) is 17.2 Å². The largest absolute Gasteiger partial charge is 0.384 e. The van der Waals surface area contributed by atoms with Crippen molar-refractivity contribution in [1.29, 1.82) is 0 Å². The van der Waals surface area contributed by atoms with Crippen LogP contribution in [0.3, 0.4) is 0 Å². The zero-order valence-corrected chi connectivity index (χ0v) is 11.5. The zero-order valence-electron chi connectivity index (χ0n) is 11.5. The summed E-state index contributed by atoms with van der Waals surface area (Å²) in [6.45, 7) is 3.49. The number of aliphatic hydroxyl groups is 1. The van der Waals surface area contributed by atoms with Crippen LogP contribution in [0.15, 0.2) is 24.3 Å². The second-order valence-electron chi connectivity index (χ2n) is 4.69. The van der Waals surface area contributed by atoms with E-state index in [4.69, 9.17) is 9.84 Å². The van der Waals surface area contributed by atoms with Crippen molar-refractivity contribution < 1.29 is 14.6 Å². The highest BCUT2D eigenvalue weighted by atomic mass is 16.5. The monoisotopic (exact) mass is 261 g/mol. The first-order valence-corrected chi connectivity index (χ1v) is 6.02. The first-order valence-electron chi connectivity index (χ1n) is 6.02. The highest BCUT2D eigenvalue weighted by Gasteiger charge is 2.21. The summed E-state index contributed by atoms with van der Waals surface area (Å²) in [5, 5.41) is 11.5. The van der Waals surface area contributed by atoms with Crippen LogP contribution in [0, 0.1) is 11.8 Å². The zero-order chi connectivity index (χ0) is 14.3. The summed E-state index contributed by atoms with van der Waals surface area (Å²) in [5.41, 5.74) is 0.816. The van der Waals surface area contributed by atoms with Crippen LogP contribution in [0.5, 0.6) is 0 Å². The topological polar surface area (TPSA) is 58.6 Å². The SMILES string of the molecule is COC(C)(C)CC(=O)Nc1ccccc1C#CCO. The second-order valence-corrected chi connectivity index (χ2v) is 4.69. The first-order chi connectivity index (χ1) is 8.98. The summed E-state index contributed by atoms with van der Waals surface area (Å²) in [5.74, 6) is 5.23. The molecule has 1 rings (SSSR count). The summed E-state index contributed by atoms with van der Waals surface area (Å²) >= 11 is 0. The molecule has 0 unspecified atom stereocenters. The molecule has 1 aromatic rings. The Hall–Kier alpha value is -1.83. The fraction of sp³-hybridized carbons (Fsp3) is 0.400. The number of amides is 1. The van der Waals surface area contributed by atoms with Gasteiger partial charge in [-0.3, -0.25) is 4.79 Å². The fourth-order valence-corrected chi connectivity index (χ4v) is 1.49. The number of anilines is 1. The van der Waals surface area contributed by atoms with Crippen molar-refractivity contribution in [3.05, 3.63) is 29.8 Å². The standard InChI is InChI=1S/C15H19NO3/c1-15(2,19-3)11-14(18)16-13-9-5-4-7-12(13)8-6-10-17/h4-5,7,9,17H,10-11H2,1-3H3,(H,16,18). The maximum atomic E-state index is 11.9. The number of carbonyl (C=O) groups is 1. The molecule has 0 spiro atoms. The summed E-state index contributed by atoms with van der Waals surface area (Å²) in [4.78, 5) is 11.9. The number of carbonyl (C=O) groups excluding carboxylic acids is 1. The number of rotatable bonds is 4. The van der Waals surface area contributed by atoms with Crippen LogP contribution in [0.4, 0.5) is 5.69 Å². The molecule has 1 aromatic carbocycles. The van der Waals surface area contributed by atoms with Gasteiger partial charge in [0.05, 0.1) is 17.7 Å². The van der Waals surface area contributed by atoms with Crippen molar-refractivity contribution in [3.8, 4) is 11.8 Å². The summed E-state index contributed by atoms with van der Waals surface area (Å²) in [6.07, 6.45) is 0.255. The number of methoxy groups -OCH3 is 1. The lowest BCUT2D eigenvalue weighted by Gasteiger charge is -2.22. The molecule has 0 aliphatic carbocycles. The first kappa shape index (κ1) is 15.2. The second kappa shape index (κ2) is 6.93. The lowest BCUT2D eigenvalue weighted by molar-refractivity contribution is -0.121. The van der Waals surface area contributed by atoms with Gasteiger partial charge < -0.3 is 15.2 Å². The van der Waals surface area contributed by atoms with Gasteiger partial charge in [0, 0.05) is 12.7 Å². The van der Waals surface area contributed by atoms with E-state index in [9.17, 15) is 4.79 Å². The van der Waals surface area contributed by atoms with E-state index in [0.29, 0.717) is 11.3 Å². The van der Waals surface area contributed by atoms with Crippen LogP contribution < -0.4 is 5.32 Å². The van der Waals surface area contributed by atoms with Crippen molar-refractivity contribution in [2.24, 2.45) is 0 Å². The minimum Gasteiger partial charge on any atom is -0.384 e. The molecule has 0 radical (unpaired) electrons. The molecule has 1 amide bonds. The molecule has 0 fully saturated rings. The lowest BCUT2D eigenvalue weighted by atomic mass is 10.0. The van der Waals surface area contributed by atoms with Gasteiger partial charge in [0.1, 0.15) is 6.61 Å². The van der Waals surface area contributed by atoms with E-state index in [1.807, 2.05) is 26.0 Å². The highest BCUT2D eigenvalue weighted by molar-refractivity contribution is 5.92. The molecule has 2 N–H and O–H groups in total. The van der Waals surface area contributed by atoms with Gasteiger partial charge >= 0.3 is 0 Å². The molecular weight excluding hydrogens is 242 g/mol. The third kappa shape index (κ3) is 5.12. The Kier molecular flexibility index (Phi) is 5.56. The Morgan fingerprint density at radius 3 is 2.74 bits per heavy atom. The molecule has 0 heterocycles. The third-order valence-corrected chi connectivity index (χ3v) is 2.64. The number of nitrogens with one attached hydrogen (secondary N) is 1. The predicted molar refractivity (Wildman–Crippen MR) is 74.7 cm³/mol. The predicted octanol–water partition coefficient (Wildman–Crippen LogP) is 1.78. The number of hydrogen-bond acceptors (Lipinski definition) is 3. The van der Waals surface area contributed by atoms with Crippen LogP contribution in [0.1, 0.15) is 25.8 Å². The van der Waals surface area contributed by atoms with Gasteiger partial charge in [-0.05, 0) is 26.0 Å². The number of benzene rings is 1. The molecule has 0 bridgehead atoms. The van der Waals surface area contributed by atoms with Crippen molar-refractivity contribution in [1.82, 2.24) is 0 Å². The average molecular weight is 261 g/mol. The highest BCUT2D eigenvalue weighted by Crippen LogP contribution is 2.17. The molecule has 19 heavy (non-hydrogen) atoms. The van der Waals surface area contributed by atoms with E-state index in [-0.39, 0.29) is 18.9 Å². The maximum absolute atomic E-state index is 11.9. The normalized spacial score (nSPS) is 10.5. The van der Waals surface area contributed by atoms with Gasteiger partial charge in [-0.2, -0.15) is 0 Å². The quantitative estimate of drug-likeness (QED) is 0.812. The van der Waals surface area contributed by atoms with Crippen LogP contribution in [-0.2, 0) is 9.53 Å². The molecule has 0 aliphatic rings. The lowest BCUT2D eigenvalue weighted by Crippen LogP contribution is -2.29. The van der Waals surface area contributed by atoms with Crippen LogP contribution in [-0.4, -0.2) is 30.3 Å². The van der Waals surface area contributed by atoms with E-state index in [0.717, 1.165) is 0 Å². The Bertz CT molecular complexity index is 498. The van der Waals surface area contributed by atoms with E-state index in [1.54, 1.807) is 19.2 Å². The minimum atomic E-state index is -0.504. The molecular formula is C15H19NO3. The molecule has 0 aromatic heterocycles. The molecule has 0 atom stereocenters. The van der Waals surface area contributed by atoms with Crippen LogP contribution in [0.2, 0.25) is 0 Å². The average Bonchev–Trinajstić information content (AvgIpc) is 2.37. The molecule has 0 saturated carbocycles. The van der Waals surface area contributed by atoms with Gasteiger partial charge in [-0.25, -0.2) is 0 Å². The fourth-order valence-electron chi connectivity index (χ4n) is 1.49. The minimum absolute atomic E-state index is 0.134. The summed E-state index contributed by atoms with van der Waals surface area (Å²) in [6, 6.07) is 7.22. The Morgan fingerprint density at radius 2 is 2.11 bits per heavy atom. The Labute approximate surface area is 113 Å². The van der Waals surface area contributed by atoms with Crippen molar-refractivity contribution in [3.63, 3.8) is 0 Å². The molecule has 102 valence electrons. The van der Waals surface area contributed by atoms with E-state index in [1.165, 1.54) is 0 Å².